The van der Waals surface area contributed by atoms with Crippen molar-refractivity contribution in [1.29, 1.82) is 0 Å². The topological polar surface area (TPSA) is 40.5 Å². The molecule has 1 rings (SSSR count). The molecule has 0 fully saturated rings. The molecule has 0 saturated carbocycles. The van der Waals surface area contributed by atoms with E-state index < -0.39 is 0 Å². The molecule has 0 heterocycles. The van der Waals surface area contributed by atoms with E-state index in [1.54, 1.807) is 6.07 Å². The van der Waals surface area contributed by atoms with Crippen molar-refractivity contribution in [2.45, 2.75) is 0 Å². The number of hydrogen-bond donors (Lipinski definition) is 3. The molecule has 0 aliphatic carbocycles. The first-order valence-electron chi connectivity index (χ1n) is 3.36. The normalized spacial score (nSPS) is 8.75. The van der Waals surface area contributed by atoms with E-state index in [0.717, 1.165) is 0 Å². The summed E-state index contributed by atoms with van der Waals surface area (Å²) in [5, 5.41) is 18.5. The van der Waals surface area contributed by atoms with Gasteiger partial charge in [-0.3, -0.25) is 0 Å². The lowest BCUT2D eigenvalue weighted by molar-refractivity contribution is 0.448. The van der Waals surface area contributed by atoms with Gasteiger partial charge in [0.25, 0.3) is 0 Å². The van der Waals surface area contributed by atoms with Gasteiger partial charge in [-0.1, -0.05) is 17.9 Å². The number of benzene rings is 1. The second kappa shape index (κ2) is 3.93. The first kappa shape index (κ1) is 8.82. The minimum Gasteiger partial charge on any atom is -0.507 e. The summed E-state index contributed by atoms with van der Waals surface area (Å²) in [6.45, 7) is 0. The highest BCUT2D eigenvalue weighted by atomic mass is 32.1. The van der Waals surface area contributed by atoms with Crippen molar-refractivity contribution in [1.82, 2.24) is 0 Å². The van der Waals surface area contributed by atoms with Gasteiger partial charge in [-0.2, -0.15) is 12.6 Å². The third-order valence-corrected chi connectivity index (χ3v) is 1.47. The Morgan fingerprint density at radius 1 is 1.25 bits per heavy atom. The van der Waals surface area contributed by atoms with Crippen LogP contribution in [-0.2, 0) is 0 Å². The van der Waals surface area contributed by atoms with Crippen LogP contribution in [0.3, 0.4) is 0 Å². The molecule has 0 aliphatic heterocycles. The SMILES string of the molecule is Oc1cccc(O)c1C#CCS. The zero-order chi connectivity index (χ0) is 8.97. The highest BCUT2D eigenvalue weighted by molar-refractivity contribution is 7.80. The van der Waals surface area contributed by atoms with E-state index >= 15 is 0 Å². The van der Waals surface area contributed by atoms with Crippen LogP contribution in [0, 0.1) is 11.8 Å². The number of aromatic hydroxyl groups is 2. The molecule has 1 aromatic rings. The van der Waals surface area contributed by atoms with Crippen molar-refractivity contribution in [2.75, 3.05) is 5.75 Å². The molecule has 0 aromatic heterocycles. The van der Waals surface area contributed by atoms with Gasteiger partial charge < -0.3 is 10.2 Å². The third kappa shape index (κ3) is 1.86. The van der Waals surface area contributed by atoms with Crippen molar-refractivity contribution in [3.8, 4) is 23.3 Å². The molecular formula is C9H8O2S. The fourth-order valence-electron chi connectivity index (χ4n) is 0.784. The fourth-order valence-corrected chi connectivity index (χ4v) is 0.863. The van der Waals surface area contributed by atoms with Crippen LogP contribution in [-0.4, -0.2) is 16.0 Å². The van der Waals surface area contributed by atoms with Crippen molar-refractivity contribution in [3.05, 3.63) is 23.8 Å². The summed E-state index contributed by atoms with van der Waals surface area (Å²) in [5.74, 6) is 5.62. The molecule has 0 radical (unpaired) electrons. The Bertz CT molecular complexity index is 316. The second-order valence-electron chi connectivity index (χ2n) is 2.13. The summed E-state index contributed by atoms with van der Waals surface area (Å²) in [6.07, 6.45) is 0. The second-order valence-corrected chi connectivity index (χ2v) is 2.45. The minimum atomic E-state index is -0.00992. The highest BCUT2D eigenvalue weighted by Gasteiger charge is 2.01. The maximum absolute atomic E-state index is 9.23. The van der Waals surface area contributed by atoms with E-state index in [9.17, 15) is 10.2 Å². The maximum atomic E-state index is 9.23. The highest BCUT2D eigenvalue weighted by Crippen LogP contribution is 2.24. The van der Waals surface area contributed by atoms with E-state index in [-0.39, 0.29) is 17.1 Å². The molecule has 0 saturated heterocycles. The number of hydrogen-bond acceptors (Lipinski definition) is 3. The average Bonchev–Trinajstić information content (AvgIpc) is 2.04. The molecule has 3 heteroatoms. The third-order valence-electron chi connectivity index (χ3n) is 1.31. The molecule has 0 spiro atoms. The first-order chi connectivity index (χ1) is 5.75. The van der Waals surface area contributed by atoms with Crippen LogP contribution < -0.4 is 0 Å². The first-order valence-corrected chi connectivity index (χ1v) is 3.99. The van der Waals surface area contributed by atoms with Crippen molar-refractivity contribution in [2.24, 2.45) is 0 Å². The Balaban J connectivity index is 3.13. The van der Waals surface area contributed by atoms with Crippen LogP contribution in [0.2, 0.25) is 0 Å². The predicted molar refractivity (Wildman–Crippen MR) is 50.5 cm³/mol. The van der Waals surface area contributed by atoms with Crippen molar-refractivity contribution in [3.63, 3.8) is 0 Å². The summed E-state index contributed by atoms with van der Waals surface area (Å²) < 4.78 is 0. The number of phenols is 2. The predicted octanol–water partition coefficient (Wildman–Crippen LogP) is 1.38. The molecule has 0 atom stereocenters. The van der Waals surface area contributed by atoms with Crippen LogP contribution in [0.5, 0.6) is 11.5 Å². The Morgan fingerprint density at radius 2 is 1.83 bits per heavy atom. The monoisotopic (exact) mass is 180 g/mol. The Kier molecular flexibility index (Phi) is 2.89. The fraction of sp³-hybridized carbons (Fsp3) is 0.111. The molecular weight excluding hydrogens is 172 g/mol. The summed E-state index contributed by atoms with van der Waals surface area (Å²) in [5.41, 5.74) is 0.256. The van der Waals surface area contributed by atoms with Crippen molar-refractivity contribution >= 4 is 12.6 Å². The Hall–Kier alpha value is -1.27. The van der Waals surface area contributed by atoms with Crippen LogP contribution in [0.25, 0.3) is 0 Å². The Labute approximate surface area is 76.3 Å². The maximum Gasteiger partial charge on any atom is 0.134 e. The zero-order valence-corrected chi connectivity index (χ0v) is 7.18. The molecule has 0 aliphatic rings. The van der Waals surface area contributed by atoms with E-state index in [1.165, 1.54) is 12.1 Å². The smallest absolute Gasteiger partial charge is 0.134 e. The molecule has 0 bridgehead atoms. The molecule has 12 heavy (non-hydrogen) atoms. The summed E-state index contributed by atoms with van der Waals surface area (Å²) in [6, 6.07) is 4.50. The molecule has 0 amide bonds. The largest absolute Gasteiger partial charge is 0.507 e. The van der Waals surface area contributed by atoms with E-state index in [4.69, 9.17) is 0 Å². The van der Waals surface area contributed by atoms with E-state index in [0.29, 0.717) is 5.75 Å². The van der Waals surface area contributed by atoms with Gasteiger partial charge in [0.05, 0.1) is 5.75 Å². The van der Waals surface area contributed by atoms with Gasteiger partial charge in [0.15, 0.2) is 0 Å². The summed E-state index contributed by atoms with van der Waals surface area (Å²) in [4.78, 5) is 0. The van der Waals surface area contributed by atoms with Gasteiger partial charge in [0, 0.05) is 0 Å². The summed E-state index contributed by atoms with van der Waals surface area (Å²) in [7, 11) is 0. The minimum absolute atomic E-state index is 0.00992. The van der Waals surface area contributed by atoms with Gasteiger partial charge >= 0.3 is 0 Å². The van der Waals surface area contributed by atoms with Gasteiger partial charge in [0.2, 0.25) is 0 Å². The quantitative estimate of drug-likeness (QED) is 0.417. The summed E-state index contributed by atoms with van der Waals surface area (Å²) >= 11 is 3.88. The molecule has 62 valence electrons. The van der Waals surface area contributed by atoms with Gasteiger partial charge in [-0.25, -0.2) is 0 Å². The van der Waals surface area contributed by atoms with Gasteiger partial charge in [0.1, 0.15) is 17.1 Å². The van der Waals surface area contributed by atoms with E-state index in [2.05, 4.69) is 24.5 Å². The number of rotatable bonds is 0. The molecule has 2 N–H and O–H groups in total. The van der Waals surface area contributed by atoms with Gasteiger partial charge in [-0.15, -0.1) is 0 Å². The average molecular weight is 180 g/mol. The van der Waals surface area contributed by atoms with Crippen LogP contribution in [0.4, 0.5) is 0 Å². The zero-order valence-electron chi connectivity index (χ0n) is 6.28. The standard InChI is InChI=1S/C9H8O2S/c10-8-4-1-5-9(11)7(8)3-2-6-12/h1,4-5,10-12H,6H2. The molecule has 2 nitrogen and oxygen atoms in total. The molecule has 1 aromatic carbocycles. The lowest BCUT2D eigenvalue weighted by Crippen LogP contribution is -1.77. The molecule has 0 unspecified atom stereocenters. The van der Waals surface area contributed by atoms with Crippen molar-refractivity contribution < 1.29 is 10.2 Å². The van der Waals surface area contributed by atoms with E-state index in [1.807, 2.05) is 0 Å². The van der Waals surface area contributed by atoms with Gasteiger partial charge in [-0.05, 0) is 12.1 Å². The van der Waals surface area contributed by atoms with Crippen LogP contribution in [0.15, 0.2) is 18.2 Å². The van der Waals surface area contributed by atoms with Crippen LogP contribution in [0.1, 0.15) is 5.56 Å². The number of phenolic OH excluding ortho intramolecular Hbond substituents is 2. The lowest BCUT2D eigenvalue weighted by atomic mass is 10.2. The lowest BCUT2D eigenvalue weighted by Gasteiger charge is -1.98. The van der Waals surface area contributed by atoms with Crippen LogP contribution >= 0.6 is 12.6 Å². The Morgan fingerprint density at radius 3 is 2.33 bits per heavy atom. The number of thiol groups is 1.